The van der Waals surface area contributed by atoms with E-state index in [4.69, 9.17) is 5.26 Å². The molecule has 0 aliphatic heterocycles. The summed E-state index contributed by atoms with van der Waals surface area (Å²) >= 11 is 0. The molecule has 0 spiro atoms. The number of hydrogen-bond acceptors (Lipinski definition) is 1. The van der Waals surface area contributed by atoms with Crippen molar-refractivity contribution in [3.8, 4) is 6.07 Å². The van der Waals surface area contributed by atoms with Crippen LogP contribution in [0.4, 0.5) is 0 Å². The molecule has 0 aliphatic rings. The number of nitrogens with zero attached hydrogens (tertiary/aromatic N) is 1. The van der Waals surface area contributed by atoms with Crippen LogP contribution in [0.2, 0.25) is 0 Å². The summed E-state index contributed by atoms with van der Waals surface area (Å²) in [6.07, 6.45) is 3.57. The fourth-order valence-corrected chi connectivity index (χ4v) is 2.21. The lowest BCUT2D eigenvalue weighted by Gasteiger charge is -1.99. The van der Waals surface area contributed by atoms with Gasteiger partial charge in [-0.1, -0.05) is 86.0 Å². The monoisotopic (exact) mass is 283 g/mol. The topological polar surface area (TPSA) is 23.8 Å². The molecule has 0 atom stereocenters. The standard InChI is InChI=1S/C12H10.C9H7N/c1-2-10-7-5-8-11-6-3-4-9-12(10)11;1-2-8-5-3-4-6-9(8)7-10/h2-9H,1H2;2-6H,1H2. The van der Waals surface area contributed by atoms with Crippen LogP contribution in [0.15, 0.2) is 79.9 Å². The molecule has 106 valence electrons. The van der Waals surface area contributed by atoms with Gasteiger partial charge in [0.15, 0.2) is 0 Å². The third-order valence-corrected chi connectivity index (χ3v) is 3.34. The Morgan fingerprint density at radius 1 is 0.727 bits per heavy atom. The van der Waals surface area contributed by atoms with Crippen LogP contribution in [0.25, 0.3) is 22.9 Å². The van der Waals surface area contributed by atoms with Gasteiger partial charge < -0.3 is 0 Å². The highest BCUT2D eigenvalue weighted by Crippen LogP contribution is 2.18. The zero-order valence-corrected chi connectivity index (χ0v) is 12.4. The minimum absolute atomic E-state index is 0.678. The van der Waals surface area contributed by atoms with E-state index in [0.29, 0.717) is 5.56 Å². The second-order valence-electron chi connectivity index (χ2n) is 4.68. The van der Waals surface area contributed by atoms with Crippen LogP contribution in [0, 0.1) is 11.3 Å². The zero-order chi connectivity index (χ0) is 15.8. The Balaban J connectivity index is 0.000000164. The van der Waals surface area contributed by atoms with Gasteiger partial charge in [0.2, 0.25) is 0 Å². The van der Waals surface area contributed by atoms with E-state index in [0.717, 1.165) is 5.56 Å². The van der Waals surface area contributed by atoms with E-state index in [-0.39, 0.29) is 0 Å². The molecule has 3 rings (SSSR count). The van der Waals surface area contributed by atoms with Gasteiger partial charge in [-0.2, -0.15) is 5.26 Å². The first-order chi connectivity index (χ1) is 10.8. The second-order valence-corrected chi connectivity index (χ2v) is 4.68. The number of nitriles is 1. The SMILES string of the molecule is C=Cc1cccc2ccccc12.C=Cc1ccccc1C#N. The molecule has 0 N–H and O–H groups in total. The van der Waals surface area contributed by atoms with E-state index in [2.05, 4.69) is 61.7 Å². The van der Waals surface area contributed by atoms with Gasteiger partial charge in [0.25, 0.3) is 0 Å². The lowest BCUT2D eigenvalue weighted by atomic mass is 10.1. The minimum Gasteiger partial charge on any atom is -0.192 e. The average molecular weight is 283 g/mol. The van der Waals surface area contributed by atoms with Gasteiger partial charge in [0.05, 0.1) is 11.6 Å². The number of hydrogen-bond donors (Lipinski definition) is 0. The fourth-order valence-electron chi connectivity index (χ4n) is 2.21. The summed E-state index contributed by atoms with van der Waals surface area (Å²) in [7, 11) is 0. The predicted octanol–water partition coefficient (Wildman–Crippen LogP) is 5.68. The van der Waals surface area contributed by atoms with Crippen molar-refractivity contribution >= 4 is 22.9 Å². The first kappa shape index (κ1) is 15.3. The smallest absolute Gasteiger partial charge is 0.0997 e. The highest BCUT2D eigenvalue weighted by molar-refractivity contribution is 5.90. The van der Waals surface area contributed by atoms with Crippen LogP contribution in [0.5, 0.6) is 0 Å². The van der Waals surface area contributed by atoms with E-state index >= 15 is 0 Å². The van der Waals surface area contributed by atoms with Gasteiger partial charge in [-0.15, -0.1) is 0 Å². The molecule has 0 unspecified atom stereocenters. The Hall–Kier alpha value is -3.11. The third-order valence-electron chi connectivity index (χ3n) is 3.34. The maximum atomic E-state index is 8.55. The van der Waals surface area contributed by atoms with Crippen molar-refractivity contribution in [3.05, 3.63) is 96.6 Å². The summed E-state index contributed by atoms with van der Waals surface area (Å²) in [4.78, 5) is 0. The quantitative estimate of drug-likeness (QED) is 0.593. The fraction of sp³-hybridized carbons (Fsp3) is 0. The van der Waals surface area contributed by atoms with Crippen molar-refractivity contribution in [1.29, 1.82) is 5.26 Å². The van der Waals surface area contributed by atoms with Crippen molar-refractivity contribution < 1.29 is 0 Å². The molecule has 0 heterocycles. The van der Waals surface area contributed by atoms with E-state index < -0.39 is 0 Å². The molecule has 3 aromatic rings. The minimum atomic E-state index is 0.678. The molecule has 0 saturated heterocycles. The maximum absolute atomic E-state index is 8.55. The van der Waals surface area contributed by atoms with Gasteiger partial charge >= 0.3 is 0 Å². The number of benzene rings is 3. The molecule has 0 amide bonds. The zero-order valence-electron chi connectivity index (χ0n) is 12.4. The Morgan fingerprint density at radius 3 is 2.00 bits per heavy atom. The first-order valence-electron chi connectivity index (χ1n) is 7.02. The molecular formula is C21H17N. The Labute approximate surface area is 131 Å². The Morgan fingerprint density at radius 2 is 1.32 bits per heavy atom. The summed E-state index contributed by atoms with van der Waals surface area (Å²) in [5, 5.41) is 11.1. The van der Waals surface area contributed by atoms with Gasteiger partial charge in [0, 0.05) is 0 Å². The maximum Gasteiger partial charge on any atom is 0.0997 e. The first-order valence-corrected chi connectivity index (χ1v) is 7.02. The number of rotatable bonds is 2. The average Bonchev–Trinajstić information content (AvgIpc) is 2.61. The molecule has 3 aromatic carbocycles. The Bertz CT molecular complexity index is 832. The summed E-state index contributed by atoms with van der Waals surface area (Å²) in [6.45, 7) is 7.37. The molecule has 22 heavy (non-hydrogen) atoms. The van der Waals surface area contributed by atoms with Crippen molar-refractivity contribution in [2.24, 2.45) is 0 Å². The van der Waals surface area contributed by atoms with E-state index in [9.17, 15) is 0 Å². The summed E-state index contributed by atoms with van der Waals surface area (Å²) in [5.74, 6) is 0. The highest BCUT2D eigenvalue weighted by Gasteiger charge is 1.94. The largest absolute Gasteiger partial charge is 0.192 e. The molecule has 0 aliphatic carbocycles. The van der Waals surface area contributed by atoms with Gasteiger partial charge in [-0.05, 0) is 28.0 Å². The lowest BCUT2D eigenvalue weighted by Crippen LogP contribution is -1.77. The summed E-state index contributed by atoms with van der Waals surface area (Å²) < 4.78 is 0. The van der Waals surface area contributed by atoms with Gasteiger partial charge in [-0.3, -0.25) is 0 Å². The molecule has 0 bridgehead atoms. The summed E-state index contributed by atoms with van der Waals surface area (Å²) in [6, 6.07) is 24.0. The molecule has 1 heteroatoms. The van der Waals surface area contributed by atoms with Crippen molar-refractivity contribution in [2.45, 2.75) is 0 Å². The Kier molecular flexibility index (Phi) is 5.29. The third kappa shape index (κ3) is 3.50. The number of fused-ring (bicyclic) bond motifs is 1. The van der Waals surface area contributed by atoms with Crippen molar-refractivity contribution in [2.75, 3.05) is 0 Å². The lowest BCUT2D eigenvalue weighted by molar-refractivity contribution is 1.47. The molecular weight excluding hydrogens is 266 g/mol. The summed E-state index contributed by atoms with van der Waals surface area (Å²) in [5.41, 5.74) is 2.77. The van der Waals surface area contributed by atoms with Crippen LogP contribution in [-0.4, -0.2) is 0 Å². The van der Waals surface area contributed by atoms with E-state index in [1.165, 1.54) is 16.3 Å². The van der Waals surface area contributed by atoms with Crippen LogP contribution in [0.3, 0.4) is 0 Å². The van der Waals surface area contributed by atoms with Crippen LogP contribution >= 0.6 is 0 Å². The molecule has 0 radical (unpaired) electrons. The van der Waals surface area contributed by atoms with Crippen LogP contribution in [-0.2, 0) is 0 Å². The molecule has 0 fully saturated rings. The molecule has 1 nitrogen and oxygen atoms in total. The van der Waals surface area contributed by atoms with Crippen LogP contribution in [0.1, 0.15) is 16.7 Å². The normalized spacial score (nSPS) is 9.23. The van der Waals surface area contributed by atoms with Gasteiger partial charge in [-0.25, -0.2) is 0 Å². The second kappa shape index (κ2) is 7.61. The predicted molar refractivity (Wildman–Crippen MR) is 95.3 cm³/mol. The van der Waals surface area contributed by atoms with Crippen LogP contribution < -0.4 is 0 Å². The molecule has 0 saturated carbocycles. The highest BCUT2D eigenvalue weighted by atomic mass is 14.2. The van der Waals surface area contributed by atoms with E-state index in [1.807, 2.05) is 24.3 Å². The van der Waals surface area contributed by atoms with Gasteiger partial charge in [0.1, 0.15) is 0 Å². The van der Waals surface area contributed by atoms with Crippen molar-refractivity contribution in [1.82, 2.24) is 0 Å². The van der Waals surface area contributed by atoms with E-state index in [1.54, 1.807) is 12.1 Å². The molecule has 0 aromatic heterocycles. The van der Waals surface area contributed by atoms with Crippen molar-refractivity contribution in [3.63, 3.8) is 0 Å².